The summed E-state index contributed by atoms with van der Waals surface area (Å²) in [6.45, 7) is 25.9. The summed E-state index contributed by atoms with van der Waals surface area (Å²) in [4.78, 5) is 10.5. The fourth-order valence-electron chi connectivity index (χ4n) is 11.1. The molecule has 2 heterocycles. The number of hydrogen-bond donors (Lipinski definition) is 0. The Bertz CT molecular complexity index is 3710. The molecule has 2 aliphatic rings. The number of aliphatic imine (C=N–C) groups is 2. The Balaban J connectivity index is 0.000000237. The number of benzene rings is 6. The smallest absolute Gasteiger partial charge is 2.00 e. The molecule has 12 rings (SSSR count). The molecule has 0 N–H and O–H groups in total. The van der Waals surface area contributed by atoms with Gasteiger partial charge in [0.1, 0.15) is 0 Å². The minimum atomic E-state index is -3.89. The maximum Gasteiger partial charge on any atom is 2.00 e. The van der Waals surface area contributed by atoms with E-state index in [-0.39, 0.29) is 56.0 Å². The number of nitrogens with zero attached hydrogens (tertiary/aromatic N) is 4. The molecule has 0 aliphatic carbocycles. The first kappa shape index (κ1) is 75.2. The molecule has 4 atom stereocenters. The molecule has 10 aromatic carbocycles. The van der Waals surface area contributed by atoms with E-state index in [0.717, 1.165) is 33.4 Å². The van der Waals surface area contributed by atoms with Crippen LogP contribution in [0.5, 0.6) is 0 Å². The summed E-state index contributed by atoms with van der Waals surface area (Å²) in [7, 11) is 1.21. The SMILES string of the molecule is Cc1c(C)c(C)[c-](C)c1C.Cc1c(C)c(C)[c-](C)c1C.Cc1ccc(S(=O)(=O)N2C(c3[c-]cc[cH-]3)=N[C@H](c3ccccc3)[C@H]2c2ccccc2)cc1.Cc1ccc(S(=O)(=O)N2C(c3[c-]cc[cH-]3)=N[C@H](c3ccccc3)[C@H]2c2ccccc2)cc1.[Cl][Pd+].[Cl][Pd+].[Fe+2].[Fe+2]. The van der Waals surface area contributed by atoms with Gasteiger partial charge in [0, 0.05) is 0 Å². The van der Waals surface area contributed by atoms with Crippen LogP contribution < -0.4 is 0 Å². The average Bonchev–Trinajstić information content (AvgIpc) is 2.04. The zero-order valence-corrected chi connectivity index (χ0v) is 60.7. The number of amidine groups is 2. The quantitative estimate of drug-likeness (QED) is 0.101. The molecule has 16 heteroatoms. The molecule has 0 spiro atoms. The van der Waals surface area contributed by atoms with E-state index in [2.05, 4.69) is 137 Å². The molecule has 10 aromatic rings. The van der Waals surface area contributed by atoms with Crippen molar-refractivity contribution in [2.75, 3.05) is 0 Å². The summed E-state index contributed by atoms with van der Waals surface area (Å²) in [5.41, 5.74) is 21.7. The second kappa shape index (κ2) is 34.4. The largest absolute Gasteiger partial charge is 2.00 e. The Labute approximate surface area is 586 Å². The number of halogens is 2. The molecule has 2 aliphatic heterocycles. The first-order valence-electron chi connectivity index (χ1n) is 28.7. The normalized spacial score (nSPS) is 15.7. The minimum Gasteiger partial charge on any atom is 2.00 e. The molecular weight excluding hydrogens is 1470 g/mol. The summed E-state index contributed by atoms with van der Waals surface area (Å²) in [5, 5.41) is 0. The topological polar surface area (TPSA) is 99.5 Å². The Hall–Kier alpha value is -5.50. The molecule has 476 valence electrons. The van der Waals surface area contributed by atoms with Crippen LogP contribution in [-0.2, 0) is 90.5 Å². The second-order valence-corrected chi connectivity index (χ2v) is 25.6. The Morgan fingerprint density at radius 1 is 0.411 bits per heavy atom. The van der Waals surface area contributed by atoms with Crippen molar-refractivity contribution in [2.45, 2.75) is 117 Å². The van der Waals surface area contributed by atoms with Gasteiger partial charge in [-0.3, -0.25) is 47.5 Å². The zero-order chi connectivity index (χ0) is 64.0. The Morgan fingerprint density at radius 2 is 0.667 bits per heavy atom. The van der Waals surface area contributed by atoms with Crippen LogP contribution in [0.25, 0.3) is 0 Å². The molecule has 0 radical (unpaired) electrons. The van der Waals surface area contributed by atoms with Gasteiger partial charge in [-0.25, -0.2) is 16.8 Å². The Kier molecular flexibility index (Phi) is 28.8. The molecule has 0 fully saturated rings. The fraction of sp³-hybridized carbons (Fsp3) is 0.216. The molecule has 0 unspecified atom stereocenters. The van der Waals surface area contributed by atoms with Crippen molar-refractivity contribution in [2.24, 2.45) is 9.98 Å². The van der Waals surface area contributed by atoms with Crippen molar-refractivity contribution < 1.29 is 87.3 Å². The van der Waals surface area contributed by atoms with E-state index < -0.39 is 32.1 Å². The zero-order valence-electron chi connectivity index (χ0n) is 52.3. The summed E-state index contributed by atoms with van der Waals surface area (Å²) in [6.07, 6.45) is 0. The molecule has 0 aromatic heterocycles. The van der Waals surface area contributed by atoms with Crippen molar-refractivity contribution in [1.82, 2.24) is 8.61 Å². The van der Waals surface area contributed by atoms with E-state index in [0.29, 0.717) is 22.8 Å². The van der Waals surface area contributed by atoms with Crippen LogP contribution in [0.3, 0.4) is 0 Å². The summed E-state index contributed by atoms with van der Waals surface area (Å²) in [6, 6.07) is 68.6. The van der Waals surface area contributed by atoms with E-state index in [1.54, 1.807) is 36.4 Å². The first-order valence-corrected chi connectivity index (χ1v) is 35.6. The van der Waals surface area contributed by atoms with Crippen molar-refractivity contribution in [1.29, 1.82) is 0 Å². The van der Waals surface area contributed by atoms with Crippen LogP contribution in [0.2, 0.25) is 0 Å². The van der Waals surface area contributed by atoms with Crippen LogP contribution in [0.1, 0.15) is 124 Å². The van der Waals surface area contributed by atoms with E-state index in [1.165, 1.54) is 64.2 Å². The van der Waals surface area contributed by atoms with E-state index in [9.17, 15) is 16.8 Å². The van der Waals surface area contributed by atoms with Crippen LogP contribution in [-0.4, -0.2) is 37.1 Å². The van der Waals surface area contributed by atoms with Crippen molar-refractivity contribution in [3.05, 3.63) is 319 Å². The van der Waals surface area contributed by atoms with Crippen LogP contribution in [0.4, 0.5) is 0 Å². The van der Waals surface area contributed by atoms with Gasteiger partial charge in [-0.2, -0.15) is 55.6 Å². The number of hydrogen-bond acceptors (Lipinski definition) is 6. The van der Waals surface area contributed by atoms with E-state index in [4.69, 9.17) is 9.98 Å². The molecule has 90 heavy (non-hydrogen) atoms. The van der Waals surface area contributed by atoms with Crippen LogP contribution in [0.15, 0.2) is 226 Å². The van der Waals surface area contributed by atoms with Gasteiger partial charge < -0.3 is 30.7 Å². The summed E-state index contributed by atoms with van der Waals surface area (Å²) < 4.78 is 59.1. The third-order valence-electron chi connectivity index (χ3n) is 17.1. The predicted octanol–water partition coefficient (Wildman–Crippen LogP) is 18.2. The first-order chi connectivity index (χ1) is 42.2. The van der Waals surface area contributed by atoms with Gasteiger partial charge in [0.25, 0.3) is 20.0 Å². The standard InChI is InChI=1S/2C27H22N2O2S.2C10H15.2ClH.2Fe.2Pd/c2*1-20-16-18-24(19-17-20)32(30,31)29-26(22-12-6-3-7-13-22)25(21-10-4-2-5-11-21)28-27(29)23-14-8-9-15-23;2*1-6-7(2)9(4)10(5)8(6)3;;;;;;/h2*2-14,16-19,25-26H,1H3;2*1-5H3;2*1H;;;;/q2*-2;2*-1;;;4*+2/p-2/t2*25-,26-;;;;;;;;/m11......../s1. The third kappa shape index (κ3) is 16.8. The number of sulfonamides is 2. The van der Waals surface area contributed by atoms with Crippen molar-refractivity contribution in [3.63, 3.8) is 0 Å². The van der Waals surface area contributed by atoms with Gasteiger partial charge in [-0.15, -0.1) is 0 Å². The van der Waals surface area contributed by atoms with Crippen molar-refractivity contribution in [3.8, 4) is 0 Å². The molecule has 0 saturated heterocycles. The minimum absolute atomic E-state index is 0. The van der Waals surface area contributed by atoms with Gasteiger partial charge in [0.15, 0.2) is 0 Å². The molecule has 0 bridgehead atoms. The van der Waals surface area contributed by atoms with Gasteiger partial charge in [0.2, 0.25) is 0 Å². The molecular formula is C74H74Cl2Fe2N4O4Pd2S2. The van der Waals surface area contributed by atoms with Crippen LogP contribution in [0, 0.1) is 95.2 Å². The predicted molar refractivity (Wildman–Crippen MR) is 355 cm³/mol. The third-order valence-corrected chi connectivity index (χ3v) is 20.6. The fourth-order valence-corrected chi connectivity index (χ4v) is 14.3. The van der Waals surface area contributed by atoms with Gasteiger partial charge in [-0.05, 0) is 72.0 Å². The summed E-state index contributed by atoms with van der Waals surface area (Å²) >= 11 is 4.44. The van der Waals surface area contributed by atoms with Gasteiger partial charge >= 0.3 is 89.6 Å². The van der Waals surface area contributed by atoms with Crippen molar-refractivity contribution >= 4 is 50.8 Å². The Morgan fingerprint density at radius 3 is 0.889 bits per heavy atom. The maximum atomic E-state index is 14.0. The van der Waals surface area contributed by atoms with Crippen LogP contribution >= 0.6 is 19.1 Å². The number of rotatable bonds is 10. The van der Waals surface area contributed by atoms with E-state index in [1.807, 2.05) is 184 Å². The maximum absolute atomic E-state index is 14.0. The summed E-state index contributed by atoms with van der Waals surface area (Å²) in [5.74, 6) is 0.830. The molecule has 8 nitrogen and oxygen atoms in total. The number of aryl methyl sites for hydroxylation is 2. The van der Waals surface area contributed by atoms with Gasteiger partial charge in [-0.1, -0.05) is 226 Å². The molecule has 0 saturated carbocycles. The van der Waals surface area contributed by atoms with E-state index >= 15 is 0 Å². The average molecular weight is 1540 g/mol. The monoisotopic (exact) mass is 1540 g/mol. The second-order valence-electron chi connectivity index (χ2n) is 22.0. The van der Waals surface area contributed by atoms with Gasteiger partial charge in [0.05, 0.1) is 34.0 Å². The molecule has 0 amide bonds.